The van der Waals surface area contributed by atoms with Crippen molar-refractivity contribution in [2.45, 2.75) is 49.6 Å². The van der Waals surface area contributed by atoms with Crippen LogP contribution in [0.3, 0.4) is 0 Å². The molecule has 44 heavy (non-hydrogen) atoms. The number of alkyl halides is 3. The molecular weight excluding hydrogens is 660 g/mol. The first-order valence-electron chi connectivity index (χ1n) is 13.0. The Labute approximate surface area is 256 Å². The number of amides is 1. The lowest BCUT2D eigenvalue weighted by atomic mass is 10.0. The Kier molecular flexibility index (Phi) is 9.37. The number of hydrogen-bond donors (Lipinski definition) is 2. The fourth-order valence-corrected chi connectivity index (χ4v) is 7.70. The molecule has 2 heterocycles. The number of benzene rings is 2. The number of halogens is 5. The first kappa shape index (κ1) is 34.0. The van der Waals surface area contributed by atoms with Crippen LogP contribution in [0.5, 0.6) is 5.75 Å². The van der Waals surface area contributed by atoms with Gasteiger partial charge in [0.15, 0.2) is 0 Å². The van der Waals surface area contributed by atoms with Gasteiger partial charge in [-0.15, -0.1) is 0 Å². The van der Waals surface area contributed by atoms with Crippen molar-refractivity contribution < 1.29 is 53.8 Å². The van der Waals surface area contributed by atoms with E-state index < -0.39 is 78.7 Å². The molecule has 1 unspecified atom stereocenters. The van der Waals surface area contributed by atoms with E-state index >= 15 is 0 Å². The molecule has 0 saturated carbocycles. The Bertz CT molecular complexity index is 1640. The van der Waals surface area contributed by atoms with Gasteiger partial charge in [-0.05, 0) is 57.2 Å². The predicted octanol–water partition coefficient (Wildman–Crippen LogP) is 3.82. The molecule has 0 radical (unpaired) electrons. The lowest BCUT2D eigenvalue weighted by Gasteiger charge is -2.40. The lowest BCUT2D eigenvalue weighted by molar-refractivity contribution is -0.175. The summed E-state index contributed by atoms with van der Waals surface area (Å²) < 4.78 is 124. The van der Waals surface area contributed by atoms with E-state index in [-0.39, 0.29) is 42.1 Å². The second-order valence-electron chi connectivity index (χ2n) is 10.6. The molecule has 244 valence electrons. The van der Waals surface area contributed by atoms with E-state index in [9.17, 15) is 44.3 Å². The molecule has 1 fully saturated rings. The quantitative estimate of drug-likeness (QED) is 0.399. The largest absolute Gasteiger partial charge is 0.485 e. The zero-order chi connectivity index (χ0) is 32.8. The van der Waals surface area contributed by atoms with Crippen LogP contribution in [0.2, 0.25) is 5.02 Å². The van der Waals surface area contributed by atoms with Crippen LogP contribution >= 0.6 is 11.6 Å². The average Bonchev–Trinajstić information content (AvgIpc) is 2.92. The van der Waals surface area contributed by atoms with Gasteiger partial charge < -0.3 is 14.6 Å². The second kappa shape index (κ2) is 12.1. The first-order valence-corrected chi connectivity index (χ1v) is 16.3. The summed E-state index contributed by atoms with van der Waals surface area (Å²) >= 11 is 5.81. The van der Waals surface area contributed by atoms with Crippen LogP contribution in [0, 0.1) is 5.82 Å². The van der Waals surface area contributed by atoms with Crippen molar-refractivity contribution >= 4 is 49.3 Å². The third-order valence-corrected chi connectivity index (χ3v) is 10.7. The molecule has 1 saturated heterocycles. The van der Waals surface area contributed by atoms with Gasteiger partial charge in [0.1, 0.15) is 23.2 Å². The molecule has 0 aromatic heterocycles. The van der Waals surface area contributed by atoms with Gasteiger partial charge in [0, 0.05) is 13.1 Å². The van der Waals surface area contributed by atoms with Crippen molar-refractivity contribution in [3.63, 3.8) is 0 Å². The maximum atomic E-state index is 13.9. The summed E-state index contributed by atoms with van der Waals surface area (Å²) in [6, 6.07) is 5.54. The average molecular weight is 689 g/mol. The molecule has 2 aliphatic rings. The number of anilines is 2. The number of nitrogens with zero attached hydrogens (tertiary/aromatic N) is 3. The van der Waals surface area contributed by atoms with E-state index in [0.717, 1.165) is 45.0 Å². The Morgan fingerprint density at radius 3 is 2.41 bits per heavy atom. The number of fused-ring (bicyclic) bond motifs is 1. The highest BCUT2D eigenvalue weighted by molar-refractivity contribution is 7.92. The molecule has 2 N–H and O–H groups in total. The lowest BCUT2D eigenvalue weighted by Crippen LogP contribution is -2.57. The monoisotopic (exact) mass is 688 g/mol. The maximum absolute atomic E-state index is 13.9. The van der Waals surface area contributed by atoms with Gasteiger partial charge in [0.05, 0.1) is 47.1 Å². The fraction of sp³-hybridized carbons (Fsp3) is 0.480. The van der Waals surface area contributed by atoms with Crippen LogP contribution in [0.4, 0.5) is 33.7 Å². The fourth-order valence-electron chi connectivity index (χ4n) is 4.63. The van der Waals surface area contributed by atoms with Crippen LogP contribution in [0.15, 0.2) is 41.3 Å². The summed E-state index contributed by atoms with van der Waals surface area (Å²) in [5, 5.41) is 9.21. The van der Waals surface area contributed by atoms with E-state index in [1.54, 1.807) is 6.92 Å². The summed E-state index contributed by atoms with van der Waals surface area (Å²) in [6.07, 6.45) is -8.50. The number of ether oxygens (including phenoxy) is 2. The highest BCUT2D eigenvalue weighted by Crippen LogP contribution is 2.43. The van der Waals surface area contributed by atoms with Gasteiger partial charge in [-0.3, -0.25) is 9.21 Å². The smallest absolute Gasteiger partial charge is 0.412 e. The van der Waals surface area contributed by atoms with Crippen LogP contribution in [-0.2, 0) is 25.0 Å². The number of morpholine rings is 1. The van der Waals surface area contributed by atoms with Gasteiger partial charge in [0.25, 0.3) is 20.2 Å². The second-order valence-corrected chi connectivity index (χ2v) is 14.6. The highest BCUT2D eigenvalue weighted by Gasteiger charge is 2.54. The molecule has 0 aliphatic carbocycles. The summed E-state index contributed by atoms with van der Waals surface area (Å²) in [4.78, 5) is 11.6. The van der Waals surface area contributed by atoms with Gasteiger partial charge >= 0.3 is 12.3 Å². The molecule has 2 atom stereocenters. The van der Waals surface area contributed by atoms with Crippen molar-refractivity contribution in [3.05, 3.63) is 47.2 Å². The molecular formula is C25H29ClF4N4O8S2. The normalized spacial score (nSPS) is 20.1. The topological polar surface area (TPSA) is 146 Å². The summed E-state index contributed by atoms with van der Waals surface area (Å²) in [7, 11) is -8.69. The Morgan fingerprint density at radius 1 is 1.14 bits per heavy atom. The summed E-state index contributed by atoms with van der Waals surface area (Å²) in [5.41, 5.74) is -3.80. The van der Waals surface area contributed by atoms with Crippen LogP contribution in [-0.4, -0.2) is 89.0 Å². The minimum Gasteiger partial charge on any atom is -0.485 e. The van der Waals surface area contributed by atoms with Crippen molar-refractivity contribution in [3.8, 4) is 5.75 Å². The zero-order valence-electron chi connectivity index (χ0n) is 23.5. The van der Waals surface area contributed by atoms with E-state index in [0.29, 0.717) is 13.8 Å². The molecule has 1 amide bonds. The Hall–Kier alpha value is -2.90. The van der Waals surface area contributed by atoms with Crippen LogP contribution in [0.1, 0.15) is 20.8 Å². The maximum Gasteiger partial charge on any atom is 0.412 e. The zero-order valence-corrected chi connectivity index (χ0v) is 25.9. The highest BCUT2D eigenvalue weighted by atomic mass is 35.5. The molecule has 4 rings (SSSR count). The van der Waals surface area contributed by atoms with Crippen molar-refractivity contribution in [2.75, 3.05) is 42.0 Å². The molecule has 2 aromatic carbocycles. The number of hydrogen-bond acceptors (Lipinski definition) is 7. The number of sulfonamides is 1. The summed E-state index contributed by atoms with van der Waals surface area (Å²) in [5.74, 6) is -1.11. The van der Waals surface area contributed by atoms with E-state index in [2.05, 4.69) is 4.72 Å². The van der Waals surface area contributed by atoms with E-state index in [4.69, 9.17) is 21.1 Å². The molecule has 0 bridgehead atoms. The van der Waals surface area contributed by atoms with Gasteiger partial charge in [-0.1, -0.05) is 11.6 Å². The third-order valence-electron chi connectivity index (χ3n) is 7.09. The molecule has 12 nitrogen and oxygen atoms in total. The van der Waals surface area contributed by atoms with Crippen molar-refractivity contribution in [2.24, 2.45) is 0 Å². The number of rotatable bonds is 8. The van der Waals surface area contributed by atoms with Gasteiger partial charge in [0.2, 0.25) is 0 Å². The molecule has 2 aliphatic heterocycles. The Morgan fingerprint density at radius 2 is 1.82 bits per heavy atom. The van der Waals surface area contributed by atoms with Crippen LogP contribution < -0.4 is 18.7 Å². The predicted molar refractivity (Wildman–Crippen MR) is 151 cm³/mol. The van der Waals surface area contributed by atoms with Crippen molar-refractivity contribution in [1.82, 2.24) is 9.03 Å². The van der Waals surface area contributed by atoms with Crippen LogP contribution in [0.25, 0.3) is 0 Å². The van der Waals surface area contributed by atoms with E-state index in [1.165, 1.54) is 0 Å². The first-order chi connectivity index (χ1) is 20.3. The number of carbonyl (C=O) groups is 1. The van der Waals surface area contributed by atoms with Crippen molar-refractivity contribution in [1.29, 1.82) is 0 Å². The van der Waals surface area contributed by atoms with E-state index in [1.807, 2.05) is 0 Å². The minimum atomic E-state index is -5.02. The number of carboxylic acid groups (broad SMARTS) is 1. The standard InChI is InChI=1S/C25H29ClF4N4O8S2/c1-15-13-32(8-9-41-15)44(39,40)31-12-17-14-33(43(37,38)18-5-6-20(27)19(26)11-18)21-10-16(4-7-22(21)42-17)34(23(35)36)24(2,3)25(28,29)30/h4-7,10-11,15,17,31H,8-9,12-14H2,1-3H3,(H,35,36)/t15?,17-/m0/s1. The SMILES string of the molecule is CC1CN(S(=O)(=O)NC[C@H]2CN(S(=O)(=O)c3ccc(F)c(Cl)c3)c3cc(N(C(=O)O)C(C)(C)C(F)(F)F)ccc3O2)CCO1. The molecule has 2 aromatic rings. The Balaban J connectivity index is 1.75. The van der Waals surface area contributed by atoms with Gasteiger partial charge in [-0.25, -0.2) is 17.6 Å². The third kappa shape index (κ3) is 6.69. The minimum absolute atomic E-state index is 0.0381. The molecule has 0 spiro atoms. The van der Waals surface area contributed by atoms with Gasteiger partial charge in [-0.2, -0.15) is 30.6 Å². The molecule has 19 heteroatoms. The summed E-state index contributed by atoms with van der Waals surface area (Å²) in [6.45, 7) is 2.32. The number of nitrogens with one attached hydrogen (secondary N) is 1.